The zero-order valence-electron chi connectivity index (χ0n) is 15.4. The second-order valence-electron chi connectivity index (χ2n) is 6.75. The molecule has 9 heteroatoms. The third kappa shape index (κ3) is 4.52. The third-order valence-corrected chi connectivity index (χ3v) is 6.07. The minimum Gasteiger partial charge on any atom is -0.378 e. The number of hydrogen-bond acceptors (Lipinski definition) is 7. The number of aromatic nitrogens is 1. The summed E-state index contributed by atoms with van der Waals surface area (Å²) >= 11 is 1.41. The molecule has 2 aliphatic rings. The summed E-state index contributed by atoms with van der Waals surface area (Å²) in [7, 11) is 3.83. The van der Waals surface area contributed by atoms with Gasteiger partial charge in [0.15, 0.2) is 5.13 Å². The lowest BCUT2D eigenvalue weighted by atomic mass is 10.1. The van der Waals surface area contributed by atoms with Crippen molar-refractivity contribution in [1.29, 1.82) is 0 Å². The molecule has 3 heterocycles. The van der Waals surface area contributed by atoms with Gasteiger partial charge in [0, 0.05) is 50.6 Å². The largest absolute Gasteiger partial charge is 0.378 e. The fourth-order valence-corrected chi connectivity index (χ4v) is 4.17. The molecule has 26 heavy (non-hydrogen) atoms. The Morgan fingerprint density at radius 3 is 2.73 bits per heavy atom. The van der Waals surface area contributed by atoms with Crippen molar-refractivity contribution in [2.75, 3.05) is 52.3 Å². The number of ether oxygens (including phenoxy) is 1. The highest BCUT2D eigenvalue weighted by atomic mass is 32.1. The summed E-state index contributed by atoms with van der Waals surface area (Å²) in [5, 5.41) is 8.39. The van der Waals surface area contributed by atoms with Gasteiger partial charge in [0.2, 0.25) is 5.91 Å². The van der Waals surface area contributed by atoms with Crippen molar-refractivity contribution in [2.24, 2.45) is 0 Å². The van der Waals surface area contributed by atoms with E-state index in [2.05, 4.69) is 20.5 Å². The number of thiazole rings is 1. The molecule has 0 saturated carbocycles. The van der Waals surface area contributed by atoms with E-state index in [1.807, 2.05) is 11.9 Å². The minimum absolute atomic E-state index is 0.149. The first-order valence-corrected chi connectivity index (χ1v) is 9.95. The lowest BCUT2D eigenvalue weighted by Gasteiger charge is -2.30. The maximum absolute atomic E-state index is 12.4. The highest BCUT2D eigenvalue weighted by molar-refractivity contribution is 7.13. The first-order chi connectivity index (χ1) is 12.6. The van der Waals surface area contributed by atoms with E-state index in [0.717, 1.165) is 18.0 Å². The SMILES string of the molecule is CNc1nc(C(=O)NC[C@@H]2CC[C@H](CC(=O)N3CCOCC3)N2C)cs1. The average Bonchev–Trinajstić information content (AvgIpc) is 3.28. The number of rotatable bonds is 6. The van der Waals surface area contributed by atoms with E-state index in [0.29, 0.717) is 45.0 Å². The van der Waals surface area contributed by atoms with E-state index in [9.17, 15) is 9.59 Å². The third-order valence-electron chi connectivity index (χ3n) is 5.21. The minimum atomic E-state index is -0.149. The van der Waals surface area contributed by atoms with Gasteiger partial charge < -0.3 is 20.3 Å². The van der Waals surface area contributed by atoms with Crippen LogP contribution >= 0.6 is 11.3 Å². The molecule has 0 bridgehead atoms. The Labute approximate surface area is 157 Å². The molecule has 0 unspecified atom stereocenters. The summed E-state index contributed by atoms with van der Waals surface area (Å²) in [5.41, 5.74) is 0.444. The molecule has 8 nitrogen and oxygen atoms in total. The van der Waals surface area contributed by atoms with Crippen LogP contribution in [0.15, 0.2) is 5.38 Å². The van der Waals surface area contributed by atoms with Gasteiger partial charge in [0.25, 0.3) is 5.91 Å². The smallest absolute Gasteiger partial charge is 0.270 e. The van der Waals surface area contributed by atoms with Gasteiger partial charge in [0.05, 0.1) is 13.2 Å². The topological polar surface area (TPSA) is 86.8 Å². The zero-order chi connectivity index (χ0) is 18.5. The van der Waals surface area contributed by atoms with Gasteiger partial charge >= 0.3 is 0 Å². The normalized spacial score (nSPS) is 23.8. The first-order valence-electron chi connectivity index (χ1n) is 9.07. The second kappa shape index (κ2) is 8.79. The molecule has 2 amide bonds. The standard InChI is InChI=1S/C17H27N5O3S/c1-18-17-20-14(11-26-17)16(24)19-10-13-4-3-12(21(13)2)9-15(23)22-5-7-25-8-6-22/h11-13H,3-10H2,1-2H3,(H,18,20)(H,19,24)/t12-,13+/m1/s1. The Kier molecular flexibility index (Phi) is 6.44. The molecule has 2 atom stereocenters. The molecular formula is C17H27N5O3S. The van der Waals surface area contributed by atoms with E-state index in [1.165, 1.54) is 11.3 Å². The lowest BCUT2D eigenvalue weighted by molar-refractivity contribution is -0.136. The molecule has 0 aromatic carbocycles. The Morgan fingerprint density at radius 2 is 2.04 bits per heavy atom. The van der Waals surface area contributed by atoms with Crippen LogP contribution in [0, 0.1) is 0 Å². The van der Waals surface area contributed by atoms with Crippen LogP contribution in [-0.4, -0.2) is 85.6 Å². The van der Waals surface area contributed by atoms with Crippen molar-refractivity contribution >= 4 is 28.3 Å². The zero-order valence-corrected chi connectivity index (χ0v) is 16.2. The Bertz CT molecular complexity index is 632. The van der Waals surface area contributed by atoms with Gasteiger partial charge in [-0.25, -0.2) is 4.98 Å². The van der Waals surface area contributed by atoms with Crippen molar-refractivity contribution in [3.8, 4) is 0 Å². The summed E-state index contributed by atoms with van der Waals surface area (Å²) in [5.74, 6) is 0.0564. The van der Waals surface area contributed by atoms with Gasteiger partial charge in [-0.15, -0.1) is 11.3 Å². The fourth-order valence-electron chi connectivity index (χ4n) is 3.52. The van der Waals surface area contributed by atoms with Crippen molar-refractivity contribution < 1.29 is 14.3 Å². The van der Waals surface area contributed by atoms with E-state index < -0.39 is 0 Å². The monoisotopic (exact) mass is 381 g/mol. The summed E-state index contributed by atoms with van der Waals surface area (Å²) in [4.78, 5) is 33.0. The number of carbonyl (C=O) groups is 2. The Hall–Kier alpha value is -1.71. The number of nitrogens with one attached hydrogen (secondary N) is 2. The van der Waals surface area contributed by atoms with Gasteiger partial charge in [-0.3, -0.25) is 14.5 Å². The quantitative estimate of drug-likeness (QED) is 0.752. The van der Waals surface area contributed by atoms with Crippen LogP contribution in [0.25, 0.3) is 0 Å². The number of anilines is 1. The number of carbonyl (C=O) groups excluding carboxylic acids is 2. The predicted octanol–water partition coefficient (Wildman–Crippen LogP) is 0.626. The molecule has 2 N–H and O–H groups in total. The molecule has 2 saturated heterocycles. The van der Waals surface area contributed by atoms with Crippen molar-refractivity contribution in [3.63, 3.8) is 0 Å². The molecule has 0 radical (unpaired) electrons. The van der Waals surface area contributed by atoms with E-state index in [4.69, 9.17) is 4.74 Å². The van der Waals surface area contributed by atoms with Crippen LogP contribution in [-0.2, 0) is 9.53 Å². The number of likely N-dealkylation sites (N-methyl/N-ethyl adjacent to an activating group) is 1. The maximum Gasteiger partial charge on any atom is 0.270 e. The highest BCUT2D eigenvalue weighted by Crippen LogP contribution is 2.25. The molecular weight excluding hydrogens is 354 g/mol. The van der Waals surface area contributed by atoms with E-state index in [-0.39, 0.29) is 23.9 Å². The average molecular weight is 382 g/mol. The highest BCUT2D eigenvalue weighted by Gasteiger charge is 2.33. The number of amides is 2. The van der Waals surface area contributed by atoms with Gasteiger partial charge in [0.1, 0.15) is 5.69 Å². The molecule has 1 aromatic rings. The van der Waals surface area contributed by atoms with Crippen LogP contribution < -0.4 is 10.6 Å². The maximum atomic E-state index is 12.4. The van der Waals surface area contributed by atoms with Crippen molar-refractivity contribution in [2.45, 2.75) is 31.3 Å². The van der Waals surface area contributed by atoms with E-state index >= 15 is 0 Å². The molecule has 2 fully saturated rings. The number of hydrogen-bond donors (Lipinski definition) is 2. The number of morpholine rings is 1. The summed E-state index contributed by atoms with van der Waals surface area (Å²) in [6, 6.07) is 0.492. The predicted molar refractivity (Wildman–Crippen MR) is 101 cm³/mol. The van der Waals surface area contributed by atoms with Crippen LogP contribution in [0.1, 0.15) is 29.8 Å². The van der Waals surface area contributed by atoms with Crippen LogP contribution in [0.4, 0.5) is 5.13 Å². The molecule has 1 aromatic heterocycles. The molecule has 0 aliphatic carbocycles. The summed E-state index contributed by atoms with van der Waals surface area (Å²) in [6.07, 6.45) is 2.50. The molecule has 144 valence electrons. The Balaban J connectivity index is 1.45. The van der Waals surface area contributed by atoms with Crippen molar-refractivity contribution in [3.05, 3.63) is 11.1 Å². The lowest BCUT2D eigenvalue weighted by Crippen LogP contribution is -2.45. The fraction of sp³-hybridized carbons (Fsp3) is 0.706. The molecule has 2 aliphatic heterocycles. The summed E-state index contributed by atoms with van der Waals surface area (Å²) < 4.78 is 5.30. The molecule has 3 rings (SSSR count). The first kappa shape index (κ1) is 19.1. The van der Waals surface area contributed by atoms with Crippen LogP contribution in [0.5, 0.6) is 0 Å². The van der Waals surface area contributed by atoms with Gasteiger partial charge in [-0.2, -0.15) is 0 Å². The second-order valence-corrected chi connectivity index (χ2v) is 7.60. The van der Waals surface area contributed by atoms with E-state index in [1.54, 1.807) is 12.4 Å². The van der Waals surface area contributed by atoms with Crippen LogP contribution in [0.3, 0.4) is 0 Å². The number of likely N-dealkylation sites (tertiary alicyclic amines) is 1. The van der Waals surface area contributed by atoms with Crippen molar-refractivity contribution in [1.82, 2.24) is 20.1 Å². The van der Waals surface area contributed by atoms with Gasteiger partial charge in [-0.05, 0) is 19.9 Å². The molecule has 0 spiro atoms. The number of nitrogens with zero attached hydrogens (tertiary/aromatic N) is 3. The van der Waals surface area contributed by atoms with Crippen LogP contribution in [0.2, 0.25) is 0 Å². The Morgan fingerprint density at radius 1 is 1.31 bits per heavy atom. The van der Waals surface area contributed by atoms with Gasteiger partial charge in [-0.1, -0.05) is 0 Å². The summed E-state index contributed by atoms with van der Waals surface area (Å²) in [6.45, 7) is 3.22.